The Morgan fingerprint density at radius 2 is 1.90 bits per heavy atom. The van der Waals surface area contributed by atoms with Gasteiger partial charge in [0.2, 0.25) is 0 Å². The summed E-state index contributed by atoms with van der Waals surface area (Å²) in [4.78, 5) is 7.13. The lowest BCUT2D eigenvalue weighted by atomic mass is 9.65. The van der Waals surface area contributed by atoms with Crippen LogP contribution in [-0.2, 0) is 0 Å². The SMILES string of the molecule is CCNC(=NCC(C)(CC)CO)N1CC(C)(C)C1(C)C. The van der Waals surface area contributed by atoms with E-state index in [-0.39, 0.29) is 17.6 Å². The van der Waals surface area contributed by atoms with Crippen molar-refractivity contribution in [3.05, 3.63) is 0 Å². The Hall–Kier alpha value is -0.770. The fourth-order valence-corrected chi connectivity index (χ4v) is 2.33. The van der Waals surface area contributed by atoms with E-state index < -0.39 is 0 Å². The molecule has 4 heteroatoms. The van der Waals surface area contributed by atoms with Crippen LogP contribution in [0.4, 0.5) is 0 Å². The Labute approximate surface area is 124 Å². The summed E-state index contributed by atoms with van der Waals surface area (Å²) in [5, 5.41) is 12.9. The van der Waals surface area contributed by atoms with Gasteiger partial charge in [-0.05, 0) is 27.2 Å². The lowest BCUT2D eigenvalue weighted by Crippen LogP contribution is -2.72. The fraction of sp³-hybridized carbons (Fsp3) is 0.938. The van der Waals surface area contributed by atoms with Crippen LogP contribution in [0.2, 0.25) is 0 Å². The quantitative estimate of drug-likeness (QED) is 0.602. The Bertz CT molecular complexity index is 357. The van der Waals surface area contributed by atoms with Gasteiger partial charge in [-0.25, -0.2) is 0 Å². The molecule has 0 aromatic rings. The van der Waals surface area contributed by atoms with Crippen LogP contribution in [0.3, 0.4) is 0 Å². The van der Waals surface area contributed by atoms with Crippen molar-refractivity contribution in [2.24, 2.45) is 15.8 Å². The molecule has 118 valence electrons. The van der Waals surface area contributed by atoms with Crippen LogP contribution in [0.25, 0.3) is 0 Å². The average molecular weight is 283 g/mol. The molecule has 1 unspecified atom stereocenters. The lowest BCUT2D eigenvalue weighted by molar-refractivity contribution is -0.0669. The molecule has 0 spiro atoms. The molecule has 1 aliphatic heterocycles. The Morgan fingerprint density at radius 3 is 2.25 bits per heavy atom. The summed E-state index contributed by atoms with van der Waals surface area (Å²) in [6, 6.07) is 0. The van der Waals surface area contributed by atoms with Gasteiger partial charge in [-0.1, -0.05) is 27.7 Å². The average Bonchev–Trinajstić information content (AvgIpc) is 2.40. The molecule has 1 heterocycles. The van der Waals surface area contributed by atoms with Gasteiger partial charge in [0.25, 0.3) is 0 Å². The second-order valence-electron chi connectivity index (χ2n) is 7.52. The first-order chi connectivity index (χ1) is 9.13. The van der Waals surface area contributed by atoms with E-state index >= 15 is 0 Å². The Kier molecular flexibility index (Phi) is 5.12. The largest absolute Gasteiger partial charge is 0.396 e. The molecule has 20 heavy (non-hydrogen) atoms. The minimum Gasteiger partial charge on any atom is -0.396 e. The predicted molar refractivity (Wildman–Crippen MR) is 86.0 cm³/mol. The maximum Gasteiger partial charge on any atom is 0.194 e. The van der Waals surface area contributed by atoms with E-state index in [0.29, 0.717) is 12.0 Å². The highest BCUT2D eigenvalue weighted by Gasteiger charge is 2.53. The monoisotopic (exact) mass is 283 g/mol. The van der Waals surface area contributed by atoms with Crippen LogP contribution in [0.15, 0.2) is 4.99 Å². The predicted octanol–water partition coefficient (Wildman–Crippen LogP) is 2.48. The highest BCUT2D eigenvalue weighted by molar-refractivity contribution is 5.82. The van der Waals surface area contributed by atoms with E-state index in [2.05, 4.69) is 58.7 Å². The highest BCUT2D eigenvalue weighted by Crippen LogP contribution is 2.46. The van der Waals surface area contributed by atoms with Crippen molar-refractivity contribution in [2.75, 3.05) is 26.2 Å². The van der Waals surface area contributed by atoms with Crippen LogP contribution in [0.5, 0.6) is 0 Å². The molecular weight excluding hydrogens is 250 g/mol. The smallest absolute Gasteiger partial charge is 0.194 e. The van der Waals surface area contributed by atoms with E-state index in [9.17, 15) is 5.11 Å². The Morgan fingerprint density at radius 1 is 1.30 bits per heavy atom. The molecule has 1 aliphatic rings. The standard InChI is InChI=1S/C16H33N3O/c1-8-16(7,12-20)10-18-13(17-9-2)19-11-14(3,4)15(19,5)6/h20H,8-12H2,1-7H3,(H,17,18). The van der Waals surface area contributed by atoms with E-state index in [1.807, 2.05) is 0 Å². The zero-order valence-electron chi connectivity index (χ0n) is 14.4. The summed E-state index contributed by atoms with van der Waals surface area (Å²) in [6.45, 7) is 18.2. The van der Waals surface area contributed by atoms with Crippen LogP contribution in [0.1, 0.15) is 54.9 Å². The molecule has 0 saturated carbocycles. The van der Waals surface area contributed by atoms with E-state index in [0.717, 1.165) is 25.5 Å². The number of nitrogens with one attached hydrogen (secondary N) is 1. The van der Waals surface area contributed by atoms with Crippen molar-refractivity contribution >= 4 is 5.96 Å². The molecule has 0 aromatic heterocycles. The first-order valence-electron chi connectivity index (χ1n) is 7.80. The molecule has 1 saturated heterocycles. The minimum absolute atomic E-state index is 0.107. The lowest BCUT2D eigenvalue weighted by Gasteiger charge is -2.62. The van der Waals surface area contributed by atoms with Gasteiger partial charge in [0.1, 0.15) is 0 Å². The van der Waals surface area contributed by atoms with Gasteiger partial charge in [-0.2, -0.15) is 0 Å². The summed E-state index contributed by atoms with van der Waals surface area (Å²) in [5.41, 5.74) is 0.287. The van der Waals surface area contributed by atoms with E-state index in [4.69, 9.17) is 4.99 Å². The maximum atomic E-state index is 9.52. The van der Waals surface area contributed by atoms with Crippen molar-refractivity contribution in [2.45, 2.75) is 60.4 Å². The first-order valence-corrected chi connectivity index (χ1v) is 7.80. The molecule has 1 fully saturated rings. The summed E-state index contributed by atoms with van der Waals surface area (Å²) in [6.07, 6.45) is 0.932. The molecule has 0 aliphatic carbocycles. The second kappa shape index (κ2) is 5.92. The number of hydrogen-bond acceptors (Lipinski definition) is 2. The first kappa shape index (κ1) is 17.3. The molecule has 0 radical (unpaired) electrons. The minimum atomic E-state index is -0.120. The molecule has 1 atom stereocenters. The maximum absolute atomic E-state index is 9.52. The highest BCUT2D eigenvalue weighted by atomic mass is 16.3. The molecule has 2 N–H and O–H groups in total. The number of hydrogen-bond donors (Lipinski definition) is 2. The molecule has 1 rings (SSSR count). The van der Waals surface area contributed by atoms with Crippen molar-refractivity contribution < 1.29 is 5.11 Å². The van der Waals surface area contributed by atoms with Crippen LogP contribution >= 0.6 is 0 Å². The van der Waals surface area contributed by atoms with Crippen LogP contribution < -0.4 is 5.32 Å². The molecular formula is C16H33N3O. The summed E-state index contributed by atoms with van der Waals surface area (Å²) in [5.74, 6) is 0.977. The number of guanidine groups is 1. The third-order valence-electron chi connectivity index (χ3n) is 5.32. The van der Waals surface area contributed by atoms with E-state index in [1.54, 1.807) is 0 Å². The number of aliphatic hydroxyl groups is 1. The topological polar surface area (TPSA) is 47.9 Å². The van der Waals surface area contributed by atoms with Crippen molar-refractivity contribution in [1.29, 1.82) is 0 Å². The molecule has 0 amide bonds. The van der Waals surface area contributed by atoms with Crippen molar-refractivity contribution in [1.82, 2.24) is 10.2 Å². The number of aliphatic imine (C=N–C) groups is 1. The number of likely N-dealkylation sites (tertiary alicyclic amines) is 1. The van der Waals surface area contributed by atoms with Gasteiger partial charge >= 0.3 is 0 Å². The van der Waals surface area contributed by atoms with Crippen molar-refractivity contribution in [3.63, 3.8) is 0 Å². The van der Waals surface area contributed by atoms with Gasteiger partial charge in [0, 0.05) is 29.5 Å². The summed E-state index contributed by atoms with van der Waals surface area (Å²) < 4.78 is 0. The van der Waals surface area contributed by atoms with Gasteiger partial charge in [-0.15, -0.1) is 0 Å². The van der Waals surface area contributed by atoms with Crippen LogP contribution in [-0.4, -0.2) is 47.7 Å². The molecule has 4 nitrogen and oxygen atoms in total. The summed E-state index contributed by atoms with van der Waals surface area (Å²) >= 11 is 0. The number of aliphatic hydroxyl groups excluding tert-OH is 1. The normalized spacial score (nSPS) is 24.0. The second-order valence-corrected chi connectivity index (χ2v) is 7.52. The Balaban J connectivity index is 2.86. The number of nitrogens with zero attached hydrogens (tertiary/aromatic N) is 2. The zero-order chi connectivity index (χ0) is 15.6. The number of rotatable bonds is 5. The third-order valence-corrected chi connectivity index (χ3v) is 5.32. The van der Waals surface area contributed by atoms with Crippen molar-refractivity contribution in [3.8, 4) is 0 Å². The van der Waals surface area contributed by atoms with Gasteiger partial charge in [0.15, 0.2) is 5.96 Å². The molecule has 0 aromatic carbocycles. The van der Waals surface area contributed by atoms with Gasteiger partial charge in [0.05, 0.1) is 13.2 Å². The van der Waals surface area contributed by atoms with Gasteiger partial charge < -0.3 is 15.3 Å². The van der Waals surface area contributed by atoms with Gasteiger partial charge in [-0.3, -0.25) is 4.99 Å². The third kappa shape index (κ3) is 3.11. The zero-order valence-corrected chi connectivity index (χ0v) is 14.4. The van der Waals surface area contributed by atoms with Crippen LogP contribution in [0, 0.1) is 10.8 Å². The molecule has 0 bridgehead atoms. The fourth-order valence-electron chi connectivity index (χ4n) is 2.33. The van der Waals surface area contributed by atoms with E-state index in [1.165, 1.54) is 0 Å². The summed E-state index contributed by atoms with van der Waals surface area (Å²) in [7, 11) is 0.